The Morgan fingerprint density at radius 3 is 2.68 bits per heavy atom. The molecule has 0 bridgehead atoms. The molecule has 106 valence electrons. The lowest BCUT2D eigenvalue weighted by atomic mass is 10.2. The Morgan fingerprint density at radius 1 is 1.47 bits per heavy atom. The quantitative estimate of drug-likeness (QED) is 0.799. The molecule has 5 nitrogen and oxygen atoms in total. The van der Waals surface area contributed by atoms with Crippen LogP contribution in [0.5, 0.6) is 0 Å². The molecule has 1 aliphatic heterocycles. The van der Waals surface area contributed by atoms with Crippen LogP contribution in [0.15, 0.2) is 17.2 Å². The van der Waals surface area contributed by atoms with Crippen LogP contribution in [0.25, 0.3) is 0 Å². The molecule has 8 heteroatoms. The van der Waals surface area contributed by atoms with Gasteiger partial charge in [0.2, 0.25) is 10.0 Å². The summed E-state index contributed by atoms with van der Waals surface area (Å²) in [5.74, 6) is 0. The lowest BCUT2D eigenvalue weighted by Crippen LogP contribution is -2.40. The van der Waals surface area contributed by atoms with Crippen molar-refractivity contribution in [2.75, 3.05) is 13.7 Å². The van der Waals surface area contributed by atoms with Gasteiger partial charge < -0.3 is 4.74 Å². The first kappa shape index (κ1) is 15.0. The molecule has 19 heavy (non-hydrogen) atoms. The summed E-state index contributed by atoms with van der Waals surface area (Å²) in [5.41, 5.74) is 0. The number of halogens is 2. The van der Waals surface area contributed by atoms with Gasteiger partial charge in [0.25, 0.3) is 0 Å². The van der Waals surface area contributed by atoms with E-state index in [2.05, 4.69) is 4.98 Å². The van der Waals surface area contributed by atoms with Crippen LogP contribution >= 0.6 is 23.2 Å². The van der Waals surface area contributed by atoms with E-state index in [0.29, 0.717) is 13.0 Å². The van der Waals surface area contributed by atoms with Crippen LogP contribution in [0.3, 0.4) is 0 Å². The third kappa shape index (κ3) is 2.87. The third-order valence-corrected chi connectivity index (χ3v) is 5.79. The fourth-order valence-electron chi connectivity index (χ4n) is 2.09. The van der Waals surface area contributed by atoms with Crippen molar-refractivity contribution >= 4 is 33.2 Å². The van der Waals surface area contributed by atoms with E-state index in [0.717, 1.165) is 0 Å². The maximum Gasteiger partial charge on any atom is 0.244 e. The van der Waals surface area contributed by atoms with E-state index in [1.54, 1.807) is 0 Å². The molecule has 1 fully saturated rings. The SMILES string of the molecule is CC1OCCC1N(C)S(=O)(=O)c1cnc(Cl)c(Cl)c1. The second-order valence-electron chi connectivity index (χ2n) is 4.40. The first-order chi connectivity index (χ1) is 8.84. The highest BCUT2D eigenvalue weighted by Crippen LogP contribution is 2.27. The van der Waals surface area contributed by atoms with Crippen molar-refractivity contribution < 1.29 is 13.2 Å². The first-order valence-electron chi connectivity index (χ1n) is 5.74. The molecule has 1 saturated heterocycles. The number of aromatic nitrogens is 1. The lowest BCUT2D eigenvalue weighted by Gasteiger charge is -2.25. The van der Waals surface area contributed by atoms with Crippen molar-refractivity contribution in [3.8, 4) is 0 Å². The number of hydrogen-bond donors (Lipinski definition) is 0. The van der Waals surface area contributed by atoms with Crippen LogP contribution in [-0.2, 0) is 14.8 Å². The molecular weight excluding hydrogens is 311 g/mol. The number of hydrogen-bond acceptors (Lipinski definition) is 4. The predicted octanol–water partition coefficient (Wildman–Crippen LogP) is 2.19. The number of rotatable bonds is 3. The summed E-state index contributed by atoms with van der Waals surface area (Å²) < 4.78 is 31.6. The second kappa shape index (κ2) is 5.54. The molecule has 0 saturated carbocycles. The minimum absolute atomic E-state index is 0.0310. The Bertz CT molecular complexity index is 579. The predicted molar refractivity (Wildman–Crippen MR) is 73.0 cm³/mol. The first-order valence-corrected chi connectivity index (χ1v) is 7.94. The van der Waals surface area contributed by atoms with Crippen molar-refractivity contribution in [1.29, 1.82) is 0 Å². The summed E-state index contributed by atoms with van der Waals surface area (Å²) in [5, 5.41) is 0.202. The zero-order valence-corrected chi connectivity index (χ0v) is 12.8. The summed E-state index contributed by atoms with van der Waals surface area (Å²) in [7, 11) is -2.11. The van der Waals surface area contributed by atoms with Crippen molar-refractivity contribution in [3.05, 3.63) is 22.4 Å². The van der Waals surface area contributed by atoms with Gasteiger partial charge >= 0.3 is 0 Å². The summed E-state index contributed by atoms with van der Waals surface area (Å²) in [4.78, 5) is 3.80. The number of ether oxygens (including phenoxy) is 1. The highest BCUT2D eigenvalue weighted by Gasteiger charge is 2.35. The lowest BCUT2D eigenvalue weighted by molar-refractivity contribution is 0.102. The van der Waals surface area contributed by atoms with Crippen LogP contribution < -0.4 is 0 Å². The normalized spacial score (nSPS) is 24.1. The highest BCUT2D eigenvalue weighted by atomic mass is 35.5. The second-order valence-corrected chi connectivity index (χ2v) is 7.16. The van der Waals surface area contributed by atoms with Gasteiger partial charge in [-0.2, -0.15) is 4.31 Å². The van der Waals surface area contributed by atoms with Gasteiger partial charge in [-0.3, -0.25) is 0 Å². The Labute approximate surface area is 122 Å². The Morgan fingerprint density at radius 2 is 2.16 bits per heavy atom. The van der Waals surface area contributed by atoms with E-state index in [1.165, 1.54) is 23.6 Å². The van der Waals surface area contributed by atoms with Gasteiger partial charge in [0.1, 0.15) is 10.0 Å². The molecule has 2 unspecified atom stereocenters. The van der Waals surface area contributed by atoms with Gasteiger partial charge in [0.15, 0.2) is 0 Å². The van der Waals surface area contributed by atoms with Gasteiger partial charge in [-0.1, -0.05) is 23.2 Å². The van der Waals surface area contributed by atoms with Gasteiger partial charge in [-0.05, 0) is 19.4 Å². The molecule has 0 N–H and O–H groups in total. The standard InChI is InChI=1S/C11H14Cl2N2O3S/c1-7-10(3-4-18-7)15(2)19(16,17)8-5-9(12)11(13)14-6-8/h5-7,10H,3-4H2,1-2H3. The Kier molecular flexibility index (Phi) is 4.37. The van der Waals surface area contributed by atoms with Gasteiger partial charge in [0.05, 0.1) is 17.2 Å². The molecule has 1 aromatic heterocycles. The topological polar surface area (TPSA) is 59.5 Å². The Hall–Kier alpha value is -0.400. The van der Waals surface area contributed by atoms with Crippen molar-refractivity contribution in [2.24, 2.45) is 0 Å². The molecule has 1 aromatic rings. The van der Waals surface area contributed by atoms with Gasteiger partial charge in [-0.25, -0.2) is 13.4 Å². The van der Waals surface area contributed by atoms with Crippen molar-refractivity contribution in [3.63, 3.8) is 0 Å². The van der Waals surface area contributed by atoms with Gasteiger partial charge in [0, 0.05) is 19.9 Å². The molecule has 2 atom stereocenters. The summed E-state index contributed by atoms with van der Waals surface area (Å²) in [6.45, 7) is 2.42. The fraction of sp³-hybridized carbons (Fsp3) is 0.545. The van der Waals surface area contributed by atoms with E-state index in [4.69, 9.17) is 27.9 Å². The minimum atomic E-state index is -3.65. The molecule has 0 amide bonds. The average molecular weight is 325 g/mol. The van der Waals surface area contributed by atoms with Crippen LogP contribution in [0, 0.1) is 0 Å². The molecule has 0 spiro atoms. The summed E-state index contributed by atoms with van der Waals surface area (Å²) in [6, 6.07) is 1.13. The van der Waals surface area contributed by atoms with E-state index in [1.807, 2.05) is 6.92 Å². The largest absolute Gasteiger partial charge is 0.377 e. The van der Waals surface area contributed by atoms with E-state index < -0.39 is 10.0 Å². The molecule has 1 aliphatic rings. The molecule has 0 aliphatic carbocycles. The summed E-state index contributed by atoms with van der Waals surface area (Å²) >= 11 is 11.5. The van der Waals surface area contributed by atoms with E-state index >= 15 is 0 Å². The molecule has 2 rings (SSSR count). The Balaban J connectivity index is 2.33. The molecule has 0 aromatic carbocycles. The number of likely N-dealkylation sites (N-methyl/N-ethyl adjacent to an activating group) is 1. The van der Waals surface area contributed by atoms with Crippen LogP contribution in [0.1, 0.15) is 13.3 Å². The minimum Gasteiger partial charge on any atom is -0.377 e. The van der Waals surface area contributed by atoms with E-state index in [9.17, 15) is 8.42 Å². The number of sulfonamides is 1. The number of pyridine rings is 1. The van der Waals surface area contributed by atoms with Crippen LogP contribution in [0.4, 0.5) is 0 Å². The van der Waals surface area contributed by atoms with E-state index in [-0.39, 0.29) is 27.2 Å². The van der Waals surface area contributed by atoms with Crippen LogP contribution in [0.2, 0.25) is 10.2 Å². The van der Waals surface area contributed by atoms with Crippen molar-refractivity contribution in [1.82, 2.24) is 9.29 Å². The van der Waals surface area contributed by atoms with Gasteiger partial charge in [-0.15, -0.1) is 0 Å². The average Bonchev–Trinajstić information content (AvgIpc) is 2.77. The third-order valence-electron chi connectivity index (χ3n) is 3.25. The summed E-state index contributed by atoms with van der Waals surface area (Å²) in [6.07, 6.45) is 1.75. The maximum absolute atomic E-state index is 12.5. The van der Waals surface area contributed by atoms with Crippen LogP contribution in [-0.4, -0.2) is 43.5 Å². The molecule has 0 radical (unpaired) electrons. The zero-order valence-electron chi connectivity index (χ0n) is 10.5. The smallest absolute Gasteiger partial charge is 0.244 e. The maximum atomic E-state index is 12.5. The molecular formula is C11H14Cl2N2O3S. The highest BCUT2D eigenvalue weighted by molar-refractivity contribution is 7.89. The number of nitrogens with zero attached hydrogens (tertiary/aromatic N) is 2. The zero-order chi connectivity index (χ0) is 14.2. The fourth-order valence-corrected chi connectivity index (χ4v) is 3.84. The molecule has 2 heterocycles. The monoisotopic (exact) mass is 324 g/mol. The van der Waals surface area contributed by atoms with Crippen molar-refractivity contribution in [2.45, 2.75) is 30.4 Å².